The third kappa shape index (κ3) is 19.2. The summed E-state index contributed by atoms with van der Waals surface area (Å²) in [4.78, 5) is 48.4. The molecule has 3 atom stereocenters. The number of nitrogens with one attached hydrogen (secondary N) is 3. The summed E-state index contributed by atoms with van der Waals surface area (Å²) in [5.41, 5.74) is 9.74. The fraction of sp³-hybridized carbons (Fsp3) is 0.492. The van der Waals surface area contributed by atoms with Gasteiger partial charge in [0, 0.05) is 87.5 Å². The summed E-state index contributed by atoms with van der Waals surface area (Å²) in [7, 11) is 0. The first-order valence-electron chi connectivity index (χ1n) is 28.1. The predicted molar refractivity (Wildman–Crippen MR) is 313 cm³/mol. The number of fused-ring (bicyclic) bond motifs is 7. The Morgan fingerprint density at radius 2 is 1.52 bits per heavy atom. The number of anilines is 2. The maximum absolute atomic E-state index is 14.1. The zero-order valence-electron chi connectivity index (χ0n) is 47.4. The molecular weight excluding hydrogens is 1050 g/mol. The maximum Gasteiger partial charge on any atom is 0.246 e. The molecule has 19 nitrogen and oxygen atoms in total. The third-order valence-corrected chi connectivity index (χ3v) is 15.2. The number of aliphatic hydroxyl groups excluding tert-OH is 1. The molecule has 0 spiro atoms. The number of aromatic nitrogens is 3. The topological polar surface area (TPSA) is 203 Å². The lowest BCUT2D eigenvalue weighted by atomic mass is 9.85. The number of nitrogens with zero attached hydrogens (tertiary/aromatic N) is 6. The Labute approximate surface area is 481 Å². The molecule has 20 heteroatoms. The number of hydrogen-bond acceptors (Lipinski definition) is 18. The summed E-state index contributed by atoms with van der Waals surface area (Å²) >= 11 is 1.61. The van der Waals surface area contributed by atoms with Crippen molar-refractivity contribution in [3.8, 4) is 27.4 Å². The van der Waals surface area contributed by atoms with E-state index in [9.17, 15) is 14.7 Å². The van der Waals surface area contributed by atoms with E-state index in [1.807, 2.05) is 81.8 Å². The number of β-amino-alcohol motifs (C(OH)–C–C–N with tert-alkyl or cyclic N) is 1. The largest absolute Gasteiger partial charge is 0.492 e. The Morgan fingerprint density at radius 3 is 2.22 bits per heavy atom. The number of likely N-dealkylation sites (tertiary alicyclic amines) is 1. The van der Waals surface area contributed by atoms with Crippen molar-refractivity contribution in [3.63, 3.8) is 0 Å². The predicted octanol–water partition coefficient (Wildman–Crippen LogP) is 6.78. The minimum atomic E-state index is -0.849. The lowest BCUT2D eigenvalue weighted by Crippen LogP contribution is -2.57. The summed E-state index contributed by atoms with van der Waals surface area (Å²) in [6.07, 6.45) is 5.37. The van der Waals surface area contributed by atoms with Crippen molar-refractivity contribution in [1.82, 2.24) is 40.3 Å². The average Bonchev–Trinajstić information content (AvgIpc) is 4.28. The minimum absolute atomic E-state index is 0.148. The lowest BCUT2D eigenvalue weighted by molar-refractivity contribution is -0.141. The van der Waals surface area contributed by atoms with Crippen LogP contribution >= 0.6 is 11.3 Å². The average molecular weight is 1130 g/mol. The van der Waals surface area contributed by atoms with Crippen molar-refractivity contribution in [2.45, 2.75) is 72.1 Å². The van der Waals surface area contributed by atoms with Crippen molar-refractivity contribution >= 4 is 34.8 Å². The molecule has 8 rings (SSSR count). The monoisotopic (exact) mass is 1130 g/mol. The molecule has 2 fully saturated rings. The van der Waals surface area contributed by atoms with Gasteiger partial charge < -0.3 is 59.1 Å². The molecule has 5 heterocycles. The molecule has 3 aliphatic rings. The molecule has 6 bridgehead atoms. The molecule has 5 aromatic rings. The Balaban J connectivity index is 0.645. The number of thiazole rings is 1. The quantitative estimate of drug-likeness (QED) is 0.0351. The van der Waals surface area contributed by atoms with Gasteiger partial charge in [0.15, 0.2) is 0 Å². The Bertz CT molecular complexity index is 2800. The number of carbonyl (C=O) groups excluding carboxylic acids is 2. The second-order valence-electron chi connectivity index (χ2n) is 21.4. The van der Waals surface area contributed by atoms with Gasteiger partial charge in [0.05, 0.1) is 107 Å². The van der Waals surface area contributed by atoms with Gasteiger partial charge in [-0.05, 0) is 59.4 Å². The second kappa shape index (κ2) is 31.3. The fourth-order valence-electron chi connectivity index (χ4n) is 9.69. The maximum atomic E-state index is 14.1. The number of aryl methyl sites for hydroxylation is 1. The van der Waals surface area contributed by atoms with E-state index in [2.05, 4.69) is 78.7 Å². The first-order chi connectivity index (χ1) is 39.4. The molecule has 0 aliphatic carbocycles. The molecule has 436 valence electrons. The van der Waals surface area contributed by atoms with Crippen LogP contribution in [0.1, 0.15) is 49.6 Å². The Hall–Kier alpha value is -6.17. The van der Waals surface area contributed by atoms with Crippen LogP contribution in [-0.4, -0.2) is 183 Å². The van der Waals surface area contributed by atoms with Crippen LogP contribution in [0.15, 0.2) is 109 Å². The number of piperazine rings is 1. The van der Waals surface area contributed by atoms with Gasteiger partial charge in [0.1, 0.15) is 25.0 Å². The molecular formula is C61H81N9O10S. The van der Waals surface area contributed by atoms with Crippen molar-refractivity contribution in [2.75, 3.05) is 124 Å². The van der Waals surface area contributed by atoms with E-state index in [0.29, 0.717) is 90.7 Å². The number of rotatable bonds is 25. The number of amides is 2. The van der Waals surface area contributed by atoms with Gasteiger partial charge in [0.2, 0.25) is 17.8 Å². The molecule has 3 aliphatic heterocycles. The minimum Gasteiger partial charge on any atom is -0.492 e. The van der Waals surface area contributed by atoms with Crippen LogP contribution in [-0.2, 0) is 57.8 Å². The van der Waals surface area contributed by atoms with Crippen LogP contribution < -0.4 is 20.7 Å². The number of hydrogen-bond donors (Lipinski definition) is 4. The van der Waals surface area contributed by atoms with E-state index in [1.165, 1.54) is 0 Å². The number of ether oxygens (including phenoxy) is 7. The first kappa shape index (κ1) is 60.9. The van der Waals surface area contributed by atoms with E-state index in [-0.39, 0.29) is 32.3 Å². The van der Waals surface area contributed by atoms with Crippen molar-refractivity contribution < 1.29 is 47.9 Å². The molecule has 0 saturated carbocycles. The highest BCUT2D eigenvalue weighted by molar-refractivity contribution is 7.13. The molecule has 3 aromatic carbocycles. The highest BCUT2D eigenvalue weighted by Crippen LogP contribution is 2.31. The van der Waals surface area contributed by atoms with Gasteiger partial charge >= 0.3 is 0 Å². The van der Waals surface area contributed by atoms with Gasteiger partial charge in [-0.1, -0.05) is 82.0 Å². The molecule has 0 unspecified atom stereocenters. The highest BCUT2D eigenvalue weighted by Gasteiger charge is 2.43. The second-order valence-corrected chi connectivity index (χ2v) is 22.3. The van der Waals surface area contributed by atoms with Crippen molar-refractivity contribution in [3.05, 3.63) is 131 Å². The van der Waals surface area contributed by atoms with Crippen molar-refractivity contribution in [1.29, 1.82) is 0 Å². The molecule has 0 radical (unpaired) electrons. The van der Waals surface area contributed by atoms with Gasteiger partial charge in [-0.2, -0.15) is 0 Å². The van der Waals surface area contributed by atoms with Crippen LogP contribution in [0.3, 0.4) is 0 Å². The first-order valence-corrected chi connectivity index (χ1v) is 29.0. The summed E-state index contributed by atoms with van der Waals surface area (Å²) in [6.45, 7) is 23.2. The van der Waals surface area contributed by atoms with E-state index in [0.717, 1.165) is 94.8 Å². The standard InChI is InChI=1S/C61H81N9O10S/c1-44(63-38-46-11-13-48(14-12-46)57-45(2)64-43-81-57)54-37-52(71)39-70(54)59(73)58(61(3,4)5)67-56(72)42-79-34-33-76-32-31-75-30-29-74-27-23-68-19-21-69(22-20-68)24-28-80-55-16-15-51-36-50(55)41-78-26-7-6-25-77-40-47-9-8-10-49(35-47)53-17-18-62-60(65-51)66-53/h6-18,35-36,43,52,54,58,63,71H,1,19-34,37-42H2,2-5H3,(H,67,72)(H,62,65,66)/b7-6+/t52-,54+,58-/m1/s1. The van der Waals surface area contributed by atoms with Gasteiger partial charge in [0.25, 0.3) is 0 Å². The molecule has 2 saturated heterocycles. The Morgan fingerprint density at radius 1 is 0.827 bits per heavy atom. The fourth-order valence-corrected chi connectivity index (χ4v) is 10.5. The summed E-state index contributed by atoms with van der Waals surface area (Å²) in [5, 5.41) is 20.3. The third-order valence-electron chi connectivity index (χ3n) is 14.2. The number of carbonyl (C=O) groups is 2. The van der Waals surface area contributed by atoms with E-state index in [1.54, 1.807) is 22.4 Å². The van der Waals surface area contributed by atoms with E-state index in [4.69, 9.17) is 38.1 Å². The molecule has 4 N–H and O–H groups in total. The summed E-state index contributed by atoms with van der Waals surface area (Å²) in [6, 6.07) is 23.1. The summed E-state index contributed by atoms with van der Waals surface area (Å²) < 4.78 is 41.1. The molecule has 2 amide bonds. The van der Waals surface area contributed by atoms with Crippen LogP contribution in [0.4, 0.5) is 11.6 Å². The smallest absolute Gasteiger partial charge is 0.246 e. The SMILES string of the molecule is C=C(NCc1ccc(-c2scnc2C)cc1)[C@@H]1C[C@@H](O)CN1C(=O)[C@@H](NC(=O)COCCOCCOCCOCCN1CCN(CCOc2ccc3cc2COC/C=C/COCc2cccc(c2)-c2ccnc(n2)N3)CC1)C(C)(C)C. The normalized spacial score (nSPS) is 18.1. The number of benzene rings is 3. The van der Waals surface area contributed by atoms with Crippen molar-refractivity contribution in [2.24, 2.45) is 5.41 Å². The van der Waals surface area contributed by atoms with E-state index < -0.39 is 29.5 Å². The highest BCUT2D eigenvalue weighted by atomic mass is 32.1. The summed E-state index contributed by atoms with van der Waals surface area (Å²) in [5.74, 6) is 0.608. The van der Waals surface area contributed by atoms with E-state index >= 15 is 0 Å². The number of aliphatic hydroxyl groups is 1. The van der Waals surface area contributed by atoms with Crippen LogP contribution in [0.5, 0.6) is 5.75 Å². The zero-order valence-corrected chi connectivity index (χ0v) is 48.3. The molecule has 81 heavy (non-hydrogen) atoms. The Kier molecular flexibility index (Phi) is 23.5. The molecule has 2 aromatic heterocycles. The van der Waals surface area contributed by atoms with Gasteiger partial charge in [-0.15, -0.1) is 11.3 Å². The van der Waals surface area contributed by atoms with Crippen LogP contribution in [0, 0.1) is 12.3 Å². The zero-order chi connectivity index (χ0) is 56.8. The van der Waals surface area contributed by atoms with Gasteiger partial charge in [-0.3, -0.25) is 19.4 Å². The van der Waals surface area contributed by atoms with Crippen LogP contribution in [0.25, 0.3) is 21.7 Å². The van der Waals surface area contributed by atoms with Crippen LogP contribution in [0.2, 0.25) is 0 Å². The lowest BCUT2D eigenvalue weighted by Gasteiger charge is -2.36. The van der Waals surface area contributed by atoms with Gasteiger partial charge in [-0.25, -0.2) is 15.0 Å².